The Labute approximate surface area is 300 Å². The van der Waals surface area contributed by atoms with Crippen LogP contribution in [-0.2, 0) is 31.9 Å². The molecule has 0 aromatic heterocycles. The van der Waals surface area contributed by atoms with Crippen molar-refractivity contribution in [3.05, 3.63) is 58.7 Å². The fourth-order valence-electron chi connectivity index (χ4n) is 6.28. The van der Waals surface area contributed by atoms with E-state index in [2.05, 4.69) is 13.8 Å². The van der Waals surface area contributed by atoms with Crippen LogP contribution in [0, 0.1) is 0 Å². The number of hydrogen-bond acceptors (Lipinski definition) is 8. The van der Waals surface area contributed by atoms with Gasteiger partial charge < -0.3 is 19.7 Å². The second-order valence-corrected chi connectivity index (χ2v) is 13.5. The maximum absolute atomic E-state index is 12.9. The molecule has 2 rings (SSSR count). The summed E-state index contributed by atoms with van der Waals surface area (Å²) in [6.45, 7) is 4.43. The number of hydrogen-bond donors (Lipinski definition) is 2. The number of aromatic hydroxyl groups is 2. The van der Waals surface area contributed by atoms with Crippen molar-refractivity contribution in [3.8, 4) is 11.5 Å². The first-order valence-electron chi connectivity index (χ1n) is 19.4. The van der Waals surface area contributed by atoms with Crippen LogP contribution in [0.25, 0.3) is 0 Å². The third kappa shape index (κ3) is 17.3. The number of aryl methyl sites for hydroxylation is 2. The zero-order valence-electron chi connectivity index (χ0n) is 30.8. The van der Waals surface area contributed by atoms with Gasteiger partial charge in [-0.3, -0.25) is 9.59 Å². The molecule has 0 aliphatic rings. The van der Waals surface area contributed by atoms with Crippen molar-refractivity contribution in [3.63, 3.8) is 0 Å². The lowest BCUT2D eigenvalue weighted by Gasteiger charge is -2.11. The molecule has 278 valence electrons. The average molecular weight is 695 g/mol. The zero-order chi connectivity index (χ0) is 36.4. The van der Waals surface area contributed by atoms with Crippen molar-refractivity contribution in [1.29, 1.82) is 0 Å². The Hall–Kier alpha value is -3.68. The molecule has 0 radical (unpaired) electrons. The first-order chi connectivity index (χ1) is 24.3. The van der Waals surface area contributed by atoms with Crippen LogP contribution in [0.3, 0.4) is 0 Å². The predicted octanol–water partition coefficient (Wildman–Crippen LogP) is 10.9. The molecule has 0 spiro atoms. The summed E-state index contributed by atoms with van der Waals surface area (Å²) in [5.41, 5.74) is 1.10. The van der Waals surface area contributed by atoms with E-state index in [0.29, 0.717) is 24.0 Å². The van der Waals surface area contributed by atoms with E-state index in [1.165, 1.54) is 102 Å². The lowest BCUT2D eigenvalue weighted by atomic mass is 9.99. The van der Waals surface area contributed by atoms with Crippen molar-refractivity contribution in [2.45, 2.75) is 168 Å². The van der Waals surface area contributed by atoms with Crippen LogP contribution in [0.2, 0.25) is 0 Å². The minimum Gasteiger partial charge on any atom is -0.507 e. The van der Waals surface area contributed by atoms with Crippen molar-refractivity contribution in [1.82, 2.24) is 0 Å². The number of phenolic OH excluding ortho intramolecular Hbond substituents is 2. The van der Waals surface area contributed by atoms with Gasteiger partial charge in [-0.05, 0) is 48.9 Å². The van der Waals surface area contributed by atoms with E-state index in [1.54, 1.807) is 24.3 Å². The highest BCUT2D eigenvalue weighted by molar-refractivity contribution is 6.02. The Kier molecular flexibility index (Phi) is 22.2. The lowest BCUT2D eigenvalue weighted by Crippen LogP contribution is -2.18. The van der Waals surface area contributed by atoms with Crippen LogP contribution in [-0.4, -0.2) is 34.1 Å². The molecule has 0 unspecified atom stereocenters. The molecule has 2 aromatic rings. The van der Waals surface area contributed by atoms with E-state index in [4.69, 9.17) is 9.47 Å². The number of unbranched alkanes of at least 4 members (excludes halogenated alkanes) is 18. The molecule has 2 N–H and O–H groups in total. The number of esters is 4. The summed E-state index contributed by atoms with van der Waals surface area (Å²) in [5, 5.41) is 20.8. The highest BCUT2D eigenvalue weighted by atomic mass is 16.6. The molecule has 8 nitrogen and oxygen atoms in total. The molecular formula is C42H62O8. The van der Waals surface area contributed by atoms with Gasteiger partial charge in [-0.2, -0.15) is 0 Å². The largest absolute Gasteiger partial charge is 0.507 e. The minimum atomic E-state index is -0.981. The number of phenols is 2. The molecule has 0 bridgehead atoms. The predicted molar refractivity (Wildman–Crippen MR) is 197 cm³/mol. The number of benzene rings is 2. The fraction of sp³-hybridized carbons (Fsp3) is 0.619. The number of carbonyl (C=O) groups is 4. The van der Waals surface area contributed by atoms with E-state index in [1.807, 2.05) is 0 Å². The Morgan fingerprint density at radius 3 is 1.08 bits per heavy atom. The summed E-state index contributed by atoms with van der Waals surface area (Å²) in [6, 6.07) is 9.52. The van der Waals surface area contributed by atoms with E-state index >= 15 is 0 Å². The first kappa shape index (κ1) is 42.5. The van der Waals surface area contributed by atoms with E-state index in [9.17, 15) is 29.4 Å². The Bertz CT molecular complexity index is 1200. The number of carbonyl (C=O) groups excluding carboxylic acids is 4. The maximum atomic E-state index is 12.9. The van der Waals surface area contributed by atoms with Gasteiger partial charge in [0.25, 0.3) is 0 Å². The SMILES string of the molecule is CCCCCCCCCCCCc1cccc(O)c1C(=O)OC(=O)CCC(=O)OC(=O)c1c(O)cccc1CCCCCCCCCCCC. The molecule has 50 heavy (non-hydrogen) atoms. The summed E-state index contributed by atoms with van der Waals surface area (Å²) >= 11 is 0. The van der Waals surface area contributed by atoms with E-state index in [0.717, 1.165) is 38.5 Å². The molecular weight excluding hydrogens is 632 g/mol. The topological polar surface area (TPSA) is 127 Å². The van der Waals surface area contributed by atoms with Gasteiger partial charge in [0.2, 0.25) is 0 Å². The summed E-state index contributed by atoms with van der Waals surface area (Å²) < 4.78 is 9.93. The van der Waals surface area contributed by atoms with Crippen molar-refractivity contribution < 1.29 is 38.9 Å². The van der Waals surface area contributed by atoms with Crippen LogP contribution < -0.4 is 0 Å². The highest BCUT2D eigenvalue weighted by Gasteiger charge is 2.24. The normalized spacial score (nSPS) is 11.0. The number of rotatable bonds is 27. The Balaban J connectivity index is 1.76. The molecule has 0 fully saturated rings. The Morgan fingerprint density at radius 2 is 0.760 bits per heavy atom. The van der Waals surface area contributed by atoms with Crippen LogP contribution in [0.1, 0.15) is 187 Å². The Morgan fingerprint density at radius 1 is 0.460 bits per heavy atom. The molecule has 0 amide bonds. The van der Waals surface area contributed by atoms with Crippen molar-refractivity contribution in [2.24, 2.45) is 0 Å². The van der Waals surface area contributed by atoms with Crippen LogP contribution in [0.4, 0.5) is 0 Å². The zero-order valence-corrected chi connectivity index (χ0v) is 30.8. The molecule has 0 heterocycles. The van der Waals surface area contributed by atoms with Gasteiger partial charge >= 0.3 is 23.9 Å². The lowest BCUT2D eigenvalue weighted by molar-refractivity contribution is -0.144. The molecule has 0 saturated heterocycles. The second kappa shape index (κ2) is 26.2. The third-order valence-electron chi connectivity index (χ3n) is 9.21. The number of ether oxygens (including phenoxy) is 2. The van der Waals surface area contributed by atoms with Crippen LogP contribution in [0.5, 0.6) is 11.5 Å². The monoisotopic (exact) mass is 694 g/mol. The van der Waals surface area contributed by atoms with E-state index < -0.39 is 36.7 Å². The first-order valence-corrected chi connectivity index (χ1v) is 19.4. The van der Waals surface area contributed by atoms with Gasteiger partial charge in [-0.1, -0.05) is 154 Å². The molecule has 0 aliphatic carbocycles. The fourth-order valence-corrected chi connectivity index (χ4v) is 6.28. The van der Waals surface area contributed by atoms with Gasteiger partial charge in [-0.15, -0.1) is 0 Å². The van der Waals surface area contributed by atoms with Gasteiger partial charge in [0, 0.05) is 0 Å². The second-order valence-electron chi connectivity index (χ2n) is 13.5. The quantitative estimate of drug-likeness (QED) is 0.0537. The summed E-state index contributed by atoms with van der Waals surface area (Å²) in [4.78, 5) is 50.7. The third-order valence-corrected chi connectivity index (χ3v) is 9.21. The van der Waals surface area contributed by atoms with E-state index in [-0.39, 0.29) is 22.6 Å². The molecule has 2 aromatic carbocycles. The average Bonchev–Trinajstić information content (AvgIpc) is 3.09. The van der Waals surface area contributed by atoms with Crippen molar-refractivity contribution >= 4 is 23.9 Å². The molecule has 8 heteroatoms. The summed E-state index contributed by atoms with van der Waals surface area (Å²) in [6.07, 6.45) is 23.7. The maximum Gasteiger partial charge on any atom is 0.349 e. The van der Waals surface area contributed by atoms with Gasteiger partial charge in [0.1, 0.15) is 22.6 Å². The van der Waals surface area contributed by atoms with Gasteiger partial charge in [0.05, 0.1) is 12.8 Å². The van der Waals surface area contributed by atoms with Crippen molar-refractivity contribution in [2.75, 3.05) is 0 Å². The summed E-state index contributed by atoms with van der Waals surface area (Å²) in [5.74, 6) is -4.45. The van der Waals surface area contributed by atoms with Crippen LogP contribution in [0.15, 0.2) is 36.4 Å². The molecule has 0 aliphatic heterocycles. The van der Waals surface area contributed by atoms with Gasteiger partial charge in [-0.25, -0.2) is 9.59 Å². The molecule has 0 saturated carbocycles. The highest BCUT2D eigenvalue weighted by Crippen LogP contribution is 2.26. The minimum absolute atomic E-state index is 0.0518. The smallest absolute Gasteiger partial charge is 0.349 e. The standard InChI is InChI=1S/C42H62O8/c1-3-5-7-9-11-13-15-17-19-21-25-33-27-23-29-35(43)39(33)41(47)49-37(45)31-32-38(46)50-42(48)40-34(28-24-30-36(40)44)26-22-20-18-16-14-12-10-8-6-4-2/h23-24,27-30,43-44H,3-22,25-26,31-32H2,1-2H3. The molecule has 0 atom stereocenters. The summed E-state index contributed by atoms with van der Waals surface area (Å²) in [7, 11) is 0. The van der Waals surface area contributed by atoms with Gasteiger partial charge in [0.15, 0.2) is 0 Å². The van der Waals surface area contributed by atoms with Crippen LogP contribution >= 0.6 is 0 Å².